The molecule has 1 aliphatic carbocycles. The zero-order chi connectivity index (χ0) is 16.1. The fraction of sp³-hybridized carbons (Fsp3) is 0.308. The van der Waals surface area contributed by atoms with Gasteiger partial charge in [-0.3, -0.25) is 4.79 Å². The van der Waals surface area contributed by atoms with Gasteiger partial charge in [-0.15, -0.1) is 0 Å². The smallest absolute Gasteiger partial charge is 0.326 e. The van der Waals surface area contributed by atoms with E-state index in [0.29, 0.717) is 22.7 Å². The number of nitrogens with two attached hydrogens (primary N) is 1. The third-order valence-corrected chi connectivity index (χ3v) is 5.04. The average Bonchev–Trinajstić information content (AvgIpc) is 2.93. The van der Waals surface area contributed by atoms with Crippen molar-refractivity contribution in [2.75, 3.05) is 10.8 Å². The lowest BCUT2D eigenvalue weighted by atomic mass is 10.0. The fourth-order valence-electron chi connectivity index (χ4n) is 2.65. The van der Waals surface area contributed by atoms with Crippen molar-refractivity contribution in [1.82, 2.24) is 4.72 Å². The molecule has 1 heterocycles. The second-order valence-electron chi connectivity index (χ2n) is 5.26. The van der Waals surface area contributed by atoms with Crippen molar-refractivity contribution in [3.63, 3.8) is 0 Å². The Morgan fingerprint density at radius 3 is 2.68 bits per heavy atom. The Bertz CT molecular complexity index is 791. The summed E-state index contributed by atoms with van der Waals surface area (Å²) in [5.41, 5.74) is 6.08. The van der Waals surface area contributed by atoms with Gasteiger partial charge in [-0.1, -0.05) is 6.08 Å². The maximum Gasteiger partial charge on any atom is 0.326 e. The lowest BCUT2D eigenvalue weighted by Crippen LogP contribution is -2.30. The number of rotatable bonds is 2. The van der Waals surface area contributed by atoms with E-state index in [1.807, 2.05) is 0 Å². The molecule has 118 valence electrons. The first kappa shape index (κ1) is 14.8. The highest BCUT2D eigenvalue weighted by Gasteiger charge is 2.38. The number of hydrogen-bond acceptors (Lipinski definition) is 5. The fourth-order valence-corrected chi connectivity index (χ4v) is 3.81. The second kappa shape index (κ2) is 4.96. The van der Waals surface area contributed by atoms with Crippen molar-refractivity contribution in [2.24, 2.45) is 5.73 Å². The van der Waals surface area contributed by atoms with E-state index in [4.69, 9.17) is 5.73 Å². The van der Waals surface area contributed by atoms with E-state index in [1.54, 1.807) is 10.8 Å². The summed E-state index contributed by atoms with van der Waals surface area (Å²) < 4.78 is 40.7. The minimum Gasteiger partial charge on any atom is -0.506 e. The number of amides is 1. The van der Waals surface area contributed by atoms with Crippen molar-refractivity contribution < 1.29 is 22.7 Å². The van der Waals surface area contributed by atoms with Gasteiger partial charge in [-0.25, -0.2) is 13.4 Å². The van der Waals surface area contributed by atoms with Crippen LogP contribution >= 0.6 is 0 Å². The van der Waals surface area contributed by atoms with E-state index in [1.165, 1.54) is 12.1 Å². The Morgan fingerprint density at radius 1 is 1.41 bits per heavy atom. The highest BCUT2D eigenvalue weighted by molar-refractivity contribution is 7.92. The van der Waals surface area contributed by atoms with Crippen LogP contribution in [0.15, 0.2) is 18.2 Å². The molecular weight excluding hydrogens is 313 g/mol. The van der Waals surface area contributed by atoms with Crippen molar-refractivity contribution >= 4 is 27.4 Å². The van der Waals surface area contributed by atoms with Gasteiger partial charge in [0.1, 0.15) is 18.0 Å². The molecule has 7 nitrogen and oxygen atoms in total. The maximum atomic E-state index is 14.7. The van der Waals surface area contributed by atoms with E-state index < -0.39 is 39.9 Å². The Morgan fingerprint density at radius 2 is 2.14 bits per heavy atom. The molecule has 0 saturated carbocycles. The summed E-state index contributed by atoms with van der Waals surface area (Å²) in [6.07, 6.45) is 2.85. The topological polar surface area (TPSA) is 113 Å². The number of nitrogens with zero attached hydrogens (tertiary/aromatic N) is 1. The molecule has 0 aromatic heterocycles. The minimum atomic E-state index is -4.20. The summed E-state index contributed by atoms with van der Waals surface area (Å²) in [7, 11) is -4.20. The van der Waals surface area contributed by atoms with E-state index in [-0.39, 0.29) is 11.6 Å². The molecule has 1 fully saturated rings. The molecule has 1 aromatic carbocycles. The van der Waals surface area contributed by atoms with Crippen LogP contribution < -0.4 is 14.8 Å². The van der Waals surface area contributed by atoms with Crippen LogP contribution in [0, 0.1) is 5.82 Å². The monoisotopic (exact) mass is 327 g/mol. The lowest BCUT2D eigenvalue weighted by Gasteiger charge is -2.19. The number of halogens is 1. The zero-order valence-corrected chi connectivity index (χ0v) is 12.2. The third-order valence-electron chi connectivity index (χ3n) is 3.66. The molecule has 0 spiro atoms. The van der Waals surface area contributed by atoms with E-state index in [0.717, 1.165) is 0 Å². The van der Waals surface area contributed by atoms with Crippen LogP contribution in [0.4, 0.5) is 10.1 Å². The molecule has 0 bridgehead atoms. The molecule has 1 aromatic rings. The van der Waals surface area contributed by atoms with Crippen LogP contribution in [0.1, 0.15) is 18.4 Å². The first-order valence-electron chi connectivity index (χ1n) is 6.59. The number of hydrogen-bond donors (Lipinski definition) is 3. The molecule has 1 unspecified atom stereocenters. The number of carbonyl (C=O) groups excluding carboxylic acids is 1. The molecule has 9 heteroatoms. The molecule has 1 atom stereocenters. The van der Waals surface area contributed by atoms with Gasteiger partial charge < -0.3 is 10.8 Å². The summed E-state index contributed by atoms with van der Waals surface area (Å²) in [6, 6.07) is 2.47. The minimum absolute atomic E-state index is 0.106. The summed E-state index contributed by atoms with van der Waals surface area (Å²) >= 11 is 0. The van der Waals surface area contributed by atoms with Gasteiger partial charge in [0.25, 0.3) is 5.91 Å². The lowest BCUT2D eigenvalue weighted by molar-refractivity contribution is -0.117. The predicted molar refractivity (Wildman–Crippen MR) is 77.7 cm³/mol. The van der Waals surface area contributed by atoms with Crippen molar-refractivity contribution in [1.29, 1.82) is 0 Å². The van der Waals surface area contributed by atoms with Gasteiger partial charge >= 0.3 is 10.2 Å². The van der Waals surface area contributed by atoms with Gasteiger partial charge in [-0.05, 0) is 30.5 Å². The number of phenolic OH excluding ortho intramolecular Hbond substituents is 1. The zero-order valence-electron chi connectivity index (χ0n) is 11.4. The van der Waals surface area contributed by atoms with Crippen molar-refractivity contribution in [2.45, 2.75) is 18.9 Å². The summed E-state index contributed by atoms with van der Waals surface area (Å²) in [6.45, 7) is -0.575. The van der Waals surface area contributed by atoms with Crippen LogP contribution in [0.3, 0.4) is 0 Å². The highest BCUT2D eigenvalue weighted by atomic mass is 32.2. The molecule has 22 heavy (non-hydrogen) atoms. The summed E-state index contributed by atoms with van der Waals surface area (Å²) in [5, 5.41) is 9.86. The number of aromatic hydroxyl groups is 1. The Balaban J connectivity index is 2.11. The number of nitrogens with one attached hydrogen (secondary N) is 1. The molecular formula is C13H14FN3O4S. The first-order valence-corrected chi connectivity index (χ1v) is 8.03. The number of anilines is 1. The largest absolute Gasteiger partial charge is 0.506 e. The Hall–Kier alpha value is -2.13. The van der Waals surface area contributed by atoms with Crippen LogP contribution in [-0.4, -0.2) is 32.0 Å². The average molecular weight is 327 g/mol. The van der Waals surface area contributed by atoms with E-state index in [9.17, 15) is 22.7 Å². The van der Waals surface area contributed by atoms with Crippen molar-refractivity contribution in [3.8, 4) is 5.75 Å². The maximum absolute atomic E-state index is 14.7. The van der Waals surface area contributed by atoms with Crippen molar-refractivity contribution in [3.05, 3.63) is 29.6 Å². The Kier molecular flexibility index (Phi) is 3.33. The number of carbonyl (C=O) groups is 1. The summed E-state index contributed by atoms with van der Waals surface area (Å²) in [4.78, 5) is 11.3. The van der Waals surface area contributed by atoms with E-state index in [2.05, 4.69) is 0 Å². The second-order valence-corrected chi connectivity index (χ2v) is 6.86. The van der Waals surface area contributed by atoms with Crippen LogP contribution in [0.5, 0.6) is 5.75 Å². The predicted octanol–water partition coefficient (Wildman–Crippen LogP) is 0.217. The molecule has 1 aliphatic heterocycles. The molecule has 0 radical (unpaired) electrons. The highest BCUT2D eigenvalue weighted by Crippen LogP contribution is 2.39. The quantitative estimate of drug-likeness (QED) is 0.719. The van der Waals surface area contributed by atoms with Crippen LogP contribution in [0.2, 0.25) is 0 Å². The SMILES string of the molecule is NC1CC=C(c2ccc(O)c(N3CC(=O)NS3(=O)=O)c2F)C1. The van der Waals surface area contributed by atoms with Gasteiger partial charge in [-0.2, -0.15) is 8.42 Å². The third kappa shape index (κ3) is 2.32. The normalized spacial score (nSPS) is 23.5. The molecule has 3 rings (SSSR count). The molecule has 4 N–H and O–H groups in total. The number of benzene rings is 1. The Labute approximate surface area is 126 Å². The molecule has 1 saturated heterocycles. The summed E-state index contributed by atoms with van der Waals surface area (Å²) in [5.74, 6) is -2.23. The van der Waals surface area contributed by atoms with Gasteiger partial charge in [0.05, 0.1) is 0 Å². The van der Waals surface area contributed by atoms with Crippen LogP contribution in [-0.2, 0) is 15.0 Å². The van der Waals surface area contributed by atoms with Crippen LogP contribution in [0.25, 0.3) is 5.57 Å². The molecule has 2 aliphatic rings. The molecule has 1 amide bonds. The van der Waals surface area contributed by atoms with Gasteiger partial charge in [0, 0.05) is 11.6 Å². The van der Waals surface area contributed by atoms with E-state index >= 15 is 0 Å². The first-order chi connectivity index (χ1) is 10.3. The van der Waals surface area contributed by atoms with Gasteiger partial charge in [0.2, 0.25) is 0 Å². The van der Waals surface area contributed by atoms with Gasteiger partial charge in [0.15, 0.2) is 5.82 Å². The standard InChI is InChI=1S/C13H14FN3O4S/c14-12-9(7-1-2-8(15)5-7)3-4-10(18)13(12)17-6-11(19)16-22(17,20)21/h1,3-4,8,18H,2,5-6,15H2,(H,16,19). The number of phenols is 1.